The summed E-state index contributed by atoms with van der Waals surface area (Å²) >= 11 is 0. The van der Waals surface area contributed by atoms with Crippen LogP contribution in [0.4, 0.5) is 4.79 Å². The molecule has 3 fully saturated rings. The van der Waals surface area contributed by atoms with Crippen molar-refractivity contribution in [3.8, 4) is 0 Å². The Morgan fingerprint density at radius 2 is 1.91 bits per heavy atom. The minimum Gasteiger partial charge on any atom is -0.467 e. The number of fused-ring (bicyclic) bond motifs is 3. The molecule has 1 aromatic carbocycles. The molecule has 6 atom stereocenters. The largest absolute Gasteiger partial charge is 0.467 e. The van der Waals surface area contributed by atoms with Gasteiger partial charge < -0.3 is 18.6 Å². The summed E-state index contributed by atoms with van der Waals surface area (Å²) in [6, 6.07) is 8.15. The molecule has 33 heavy (non-hydrogen) atoms. The van der Waals surface area contributed by atoms with Crippen molar-refractivity contribution in [1.29, 1.82) is 0 Å². The zero-order chi connectivity index (χ0) is 24.0. The maximum Gasteiger partial charge on any atom is 0.411 e. The number of esters is 2. The van der Waals surface area contributed by atoms with Gasteiger partial charge in [0.25, 0.3) is 0 Å². The molecular formula is C24H33NO7Si. The van der Waals surface area contributed by atoms with Gasteiger partial charge in [-0.25, -0.2) is 9.59 Å². The second-order valence-corrected chi connectivity index (χ2v) is 14.8. The van der Waals surface area contributed by atoms with Crippen molar-refractivity contribution in [2.75, 3.05) is 7.11 Å². The summed E-state index contributed by atoms with van der Waals surface area (Å²) in [6.07, 6.45) is 0.170. The van der Waals surface area contributed by atoms with Gasteiger partial charge in [-0.1, -0.05) is 37.3 Å². The molecule has 0 spiro atoms. The van der Waals surface area contributed by atoms with E-state index in [4.69, 9.17) is 18.6 Å². The van der Waals surface area contributed by atoms with Crippen LogP contribution in [0.15, 0.2) is 30.3 Å². The maximum absolute atomic E-state index is 13.4. The molecular weight excluding hydrogens is 442 g/mol. The number of carbonyl (C=O) groups is 3. The summed E-state index contributed by atoms with van der Waals surface area (Å²) in [5.41, 5.74) is -0.00513. The first-order valence-corrected chi connectivity index (χ1v) is 14.9. The molecule has 1 amide bonds. The molecule has 1 saturated carbocycles. The maximum atomic E-state index is 13.4. The Morgan fingerprint density at radius 1 is 1.21 bits per heavy atom. The third-order valence-electron chi connectivity index (χ3n) is 6.97. The zero-order valence-corrected chi connectivity index (χ0v) is 20.9. The number of nitrogens with zero attached hydrogens (tertiary/aromatic N) is 1. The van der Waals surface area contributed by atoms with Crippen LogP contribution < -0.4 is 0 Å². The molecule has 0 bridgehead atoms. The smallest absolute Gasteiger partial charge is 0.411 e. The van der Waals surface area contributed by atoms with Crippen LogP contribution in [-0.2, 0) is 34.8 Å². The van der Waals surface area contributed by atoms with Gasteiger partial charge in [0, 0.05) is 12.3 Å². The van der Waals surface area contributed by atoms with Crippen molar-refractivity contribution in [2.24, 2.45) is 11.8 Å². The van der Waals surface area contributed by atoms with Crippen LogP contribution in [0.2, 0.25) is 19.6 Å². The van der Waals surface area contributed by atoms with Crippen LogP contribution in [-0.4, -0.2) is 62.1 Å². The molecule has 8 nitrogen and oxygen atoms in total. The van der Waals surface area contributed by atoms with Gasteiger partial charge in [-0.15, -0.1) is 0 Å². The van der Waals surface area contributed by atoms with E-state index in [0.29, 0.717) is 6.42 Å². The molecule has 0 N–H and O–H groups in total. The predicted molar refractivity (Wildman–Crippen MR) is 122 cm³/mol. The van der Waals surface area contributed by atoms with Crippen molar-refractivity contribution in [1.82, 2.24) is 4.90 Å². The van der Waals surface area contributed by atoms with Gasteiger partial charge in [-0.3, -0.25) is 9.69 Å². The number of carbonyl (C=O) groups excluding carboxylic acids is 3. The summed E-state index contributed by atoms with van der Waals surface area (Å²) in [6.45, 7) is 8.35. The second kappa shape index (κ2) is 8.75. The quantitative estimate of drug-likeness (QED) is 0.366. The average molecular weight is 476 g/mol. The summed E-state index contributed by atoms with van der Waals surface area (Å²) in [5, 5.41) is 0. The van der Waals surface area contributed by atoms with Crippen LogP contribution >= 0.6 is 0 Å². The number of ether oxygens (including phenoxy) is 3. The lowest BCUT2D eigenvalue weighted by atomic mass is 9.66. The molecule has 0 radical (unpaired) electrons. The van der Waals surface area contributed by atoms with E-state index in [0.717, 1.165) is 5.56 Å². The third-order valence-corrected chi connectivity index (χ3v) is 7.96. The molecule has 4 rings (SSSR count). The number of rotatable bonds is 5. The molecule has 0 aromatic heterocycles. The highest BCUT2D eigenvalue weighted by molar-refractivity contribution is 6.69. The first-order chi connectivity index (χ1) is 15.6. The second-order valence-electron chi connectivity index (χ2n) is 10.4. The monoisotopic (exact) mass is 475 g/mol. The van der Waals surface area contributed by atoms with E-state index in [1.165, 1.54) is 12.0 Å². The predicted octanol–water partition coefficient (Wildman–Crippen LogP) is 3.50. The van der Waals surface area contributed by atoms with E-state index in [-0.39, 0.29) is 43.4 Å². The topological polar surface area (TPSA) is 91.4 Å². The van der Waals surface area contributed by atoms with Gasteiger partial charge in [0.2, 0.25) is 0 Å². The minimum atomic E-state index is -2.15. The van der Waals surface area contributed by atoms with Crippen molar-refractivity contribution >= 4 is 26.3 Å². The van der Waals surface area contributed by atoms with Gasteiger partial charge in [0.1, 0.15) is 18.8 Å². The van der Waals surface area contributed by atoms with Gasteiger partial charge in [0.05, 0.1) is 25.2 Å². The van der Waals surface area contributed by atoms with E-state index in [1.807, 2.05) is 37.3 Å². The normalized spacial score (nSPS) is 33.2. The molecule has 2 heterocycles. The summed E-state index contributed by atoms with van der Waals surface area (Å²) in [7, 11) is -0.835. The van der Waals surface area contributed by atoms with Crippen LogP contribution in [0.5, 0.6) is 0 Å². The summed E-state index contributed by atoms with van der Waals surface area (Å²) < 4.78 is 23.3. The fourth-order valence-electron chi connectivity index (χ4n) is 5.87. The first-order valence-electron chi connectivity index (χ1n) is 11.5. The number of benzene rings is 1. The van der Waals surface area contributed by atoms with E-state index in [1.54, 1.807) is 0 Å². The highest BCUT2D eigenvalue weighted by atomic mass is 28.4. The van der Waals surface area contributed by atoms with Crippen LogP contribution in [0.3, 0.4) is 0 Å². The molecule has 3 aliphatic rings. The lowest BCUT2D eigenvalue weighted by molar-refractivity contribution is -0.148. The van der Waals surface area contributed by atoms with Crippen LogP contribution in [0.1, 0.15) is 31.7 Å². The first kappa shape index (κ1) is 23.8. The fourth-order valence-corrected chi connectivity index (χ4v) is 7.38. The molecule has 0 unspecified atom stereocenters. The highest BCUT2D eigenvalue weighted by Gasteiger charge is 2.68. The lowest BCUT2D eigenvalue weighted by Gasteiger charge is -2.51. The van der Waals surface area contributed by atoms with Gasteiger partial charge in [-0.2, -0.15) is 0 Å². The minimum absolute atomic E-state index is 0.0191. The van der Waals surface area contributed by atoms with E-state index < -0.39 is 38.1 Å². The highest BCUT2D eigenvalue weighted by Crippen LogP contribution is 2.55. The standard InChI is InChI=1S/C24H33NO7Si/c1-15-11-19-24(32-33(3,4)5,17-12-20(26)31-21(15)17)13-18(22(27)29-2)25(19)23(28)30-14-16-9-7-6-8-10-16/h6-10,15,17-19,21H,11-14H2,1-5H3/t15-,17+,18-,19+,21+,24+/m0/s1. The number of hydrogen-bond acceptors (Lipinski definition) is 7. The van der Waals surface area contributed by atoms with Gasteiger partial charge in [0.15, 0.2) is 8.32 Å². The fraction of sp³-hybridized carbons (Fsp3) is 0.625. The lowest BCUT2D eigenvalue weighted by Crippen LogP contribution is -2.63. The Labute approximate surface area is 195 Å². The van der Waals surface area contributed by atoms with Crippen molar-refractivity contribution < 1.29 is 33.0 Å². The Morgan fingerprint density at radius 3 is 2.55 bits per heavy atom. The summed E-state index contributed by atoms with van der Waals surface area (Å²) in [5.74, 6) is -0.972. The van der Waals surface area contributed by atoms with Crippen molar-refractivity contribution in [3.05, 3.63) is 35.9 Å². The molecule has 9 heteroatoms. The summed E-state index contributed by atoms with van der Waals surface area (Å²) in [4.78, 5) is 40.2. The third kappa shape index (κ3) is 4.40. The number of likely N-dealkylation sites (tertiary alicyclic amines) is 1. The Hall–Kier alpha value is -2.39. The van der Waals surface area contributed by atoms with Gasteiger partial charge in [-0.05, 0) is 37.5 Å². The van der Waals surface area contributed by atoms with E-state index >= 15 is 0 Å². The molecule has 2 aliphatic heterocycles. The van der Waals surface area contributed by atoms with Gasteiger partial charge >= 0.3 is 18.0 Å². The van der Waals surface area contributed by atoms with E-state index in [9.17, 15) is 14.4 Å². The van der Waals surface area contributed by atoms with Crippen molar-refractivity contribution in [2.45, 2.75) is 76.2 Å². The number of amides is 1. The zero-order valence-electron chi connectivity index (χ0n) is 19.9. The Kier molecular flexibility index (Phi) is 6.30. The van der Waals surface area contributed by atoms with Crippen molar-refractivity contribution in [3.63, 3.8) is 0 Å². The van der Waals surface area contributed by atoms with Crippen LogP contribution in [0.25, 0.3) is 0 Å². The SMILES string of the molecule is COC(=O)[C@@H]1C[C@@]2(O[Si](C)(C)C)[C@@H]3CC(=O)O[C@@H]3[C@@H](C)C[C@H]2N1C(=O)OCc1ccccc1. The molecule has 1 aromatic rings. The van der Waals surface area contributed by atoms with E-state index in [2.05, 4.69) is 19.6 Å². The molecule has 180 valence electrons. The molecule has 1 aliphatic carbocycles. The Balaban J connectivity index is 1.71. The Bertz CT molecular complexity index is 917. The average Bonchev–Trinajstić information content (AvgIpc) is 3.31. The molecule has 2 saturated heterocycles. The number of hydrogen-bond donors (Lipinski definition) is 0. The van der Waals surface area contributed by atoms with Crippen LogP contribution in [0, 0.1) is 11.8 Å². The number of methoxy groups -OCH3 is 1.